The highest BCUT2D eigenvalue weighted by Crippen LogP contribution is 2.40. The lowest BCUT2D eigenvalue weighted by molar-refractivity contribution is -0.288. The van der Waals surface area contributed by atoms with E-state index in [4.69, 9.17) is 34.9 Å². The van der Waals surface area contributed by atoms with Crippen LogP contribution in [0.5, 0.6) is 0 Å². The van der Waals surface area contributed by atoms with Gasteiger partial charge in [-0.2, -0.15) is 0 Å². The number of Topliss-reactive ketones (excluding diaryl/α,β-unsaturated/α-hetero) is 1. The van der Waals surface area contributed by atoms with Gasteiger partial charge in [-0.25, -0.2) is 4.79 Å². The van der Waals surface area contributed by atoms with E-state index in [1.807, 2.05) is 45.0 Å². The van der Waals surface area contributed by atoms with Gasteiger partial charge in [-0.1, -0.05) is 53.9 Å². The van der Waals surface area contributed by atoms with Crippen LogP contribution in [0.15, 0.2) is 33.9 Å². The molecule has 0 aliphatic carbocycles. The van der Waals surface area contributed by atoms with Crippen LogP contribution in [0.3, 0.4) is 0 Å². The Kier molecular flexibility index (Phi) is 16.0. The van der Waals surface area contributed by atoms with Crippen LogP contribution in [0.1, 0.15) is 86.1 Å². The number of nitrogens with zero attached hydrogens (tertiary/aromatic N) is 4. The normalized spacial score (nSPS) is 37.9. The first-order chi connectivity index (χ1) is 26.0. The summed E-state index contributed by atoms with van der Waals surface area (Å²) >= 11 is 3.60. The number of esters is 1. The van der Waals surface area contributed by atoms with Crippen molar-refractivity contribution in [1.82, 2.24) is 10.2 Å². The van der Waals surface area contributed by atoms with Crippen molar-refractivity contribution in [1.29, 1.82) is 0 Å². The number of aliphatic hydroxyl groups excluding tert-OH is 1. The average Bonchev–Trinajstić information content (AvgIpc) is 3.40. The fourth-order valence-corrected chi connectivity index (χ4v) is 9.08. The van der Waals surface area contributed by atoms with Crippen molar-refractivity contribution < 1.29 is 43.2 Å². The monoisotopic (exact) mass is 836 g/mol. The van der Waals surface area contributed by atoms with Gasteiger partial charge in [0.1, 0.15) is 18.1 Å². The number of unbranched alkanes of at least 4 members (excludes halogenated alkanes) is 1. The van der Waals surface area contributed by atoms with Gasteiger partial charge in [0.2, 0.25) is 0 Å². The number of nitrogens with one attached hydrogen (secondary N) is 1. The number of azide groups is 1. The predicted octanol–water partition coefficient (Wildman–Crippen LogP) is 5.44. The molecule has 55 heavy (non-hydrogen) atoms. The molecule has 0 spiro atoms. The Labute approximate surface area is 333 Å². The SMILES string of the molecule is CC[C@H]1OC(=O)[C@H](C)C(=O)[C@H](C)[C@@H](O[C@@H]2OC(C)CC(N)C2O)[C@](C)(OC)C[C@@H](C)CN[C@H](Cc2cccc(Br)c2)[C@H]2N(CCCCN=[N+]=[N-])C(=O)O[C@]12C. The molecule has 308 valence electrons. The fraction of sp³-hybridized carbons (Fsp3) is 0.769. The third kappa shape index (κ3) is 10.6. The number of hydrogen-bond acceptors (Lipinski definition) is 12. The summed E-state index contributed by atoms with van der Waals surface area (Å²) in [7, 11) is 1.56. The molecule has 1 aromatic carbocycles. The second-order valence-corrected chi connectivity index (χ2v) is 17.0. The van der Waals surface area contributed by atoms with E-state index in [0.717, 1.165) is 10.0 Å². The average molecular weight is 838 g/mol. The number of rotatable bonds is 11. The second kappa shape index (κ2) is 19.6. The lowest BCUT2D eigenvalue weighted by Crippen LogP contribution is -2.62. The third-order valence-electron chi connectivity index (χ3n) is 11.6. The molecule has 0 radical (unpaired) electrons. The predicted molar refractivity (Wildman–Crippen MR) is 209 cm³/mol. The zero-order valence-electron chi connectivity index (χ0n) is 33.5. The lowest BCUT2D eigenvalue weighted by atomic mass is 9.78. The molecule has 4 N–H and O–H groups in total. The maximum absolute atomic E-state index is 14.3. The zero-order valence-corrected chi connectivity index (χ0v) is 35.1. The molecule has 0 bridgehead atoms. The Morgan fingerprint density at radius 1 is 1.18 bits per heavy atom. The summed E-state index contributed by atoms with van der Waals surface area (Å²) in [4.78, 5) is 46.8. The number of benzene rings is 1. The number of aliphatic hydroxyl groups is 1. The Morgan fingerprint density at radius 3 is 2.56 bits per heavy atom. The quantitative estimate of drug-likeness (QED) is 0.0639. The molecule has 1 aromatic rings. The number of carbonyl (C=O) groups is 3. The molecule has 3 aliphatic rings. The summed E-state index contributed by atoms with van der Waals surface area (Å²) in [6, 6.07) is 6.36. The topological polar surface area (TPSA) is 208 Å². The molecule has 4 rings (SSSR count). The van der Waals surface area contributed by atoms with Crippen molar-refractivity contribution in [3.63, 3.8) is 0 Å². The van der Waals surface area contributed by atoms with E-state index in [2.05, 4.69) is 38.2 Å². The molecule has 3 fully saturated rings. The Hall–Kier alpha value is -2.82. The Bertz CT molecular complexity index is 1530. The van der Waals surface area contributed by atoms with Gasteiger partial charge in [0.25, 0.3) is 0 Å². The summed E-state index contributed by atoms with van der Waals surface area (Å²) in [6.45, 7) is 13.7. The van der Waals surface area contributed by atoms with E-state index in [0.29, 0.717) is 58.2 Å². The number of hydrogen-bond donors (Lipinski definition) is 3. The van der Waals surface area contributed by atoms with Crippen molar-refractivity contribution in [2.45, 2.75) is 147 Å². The molecule has 0 saturated carbocycles. The van der Waals surface area contributed by atoms with E-state index in [-0.39, 0.29) is 12.0 Å². The highest BCUT2D eigenvalue weighted by molar-refractivity contribution is 9.10. The summed E-state index contributed by atoms with van der Waals surface area (Å²) in [5.41, 5.74) is 13.6. The van der Waals surface area contributed by atoms with Crippen LogP contribution in [0.4, 0.5) is 4.79 Å². The maximum Gasteiger partial charge on any atom is 0.410 e. The van der Waals surface area contributed by atoms with Crippen LogP contribution in [-0.4, -0.2) is 115 Å². The van der Waals surface area contributed by atoms with Gasteiger partial charge in [0.05, 0.1) is 23.9 Å². The summed E-state index contributed by atoms with van der Waals surface area (Å²) < 4.78 is 32.2. The molecule has 15 nitrogen and oxygen atoms in total. The van der Waals surface area contributed by atoms with Crippen LogP contribution < -0.4 is 11.1 Å². The van der Waals surface area contributed by atoms with Crippen molar-refractivity contribution in [3.05, 3.63) is 44.7 Å². The summed E-state index contributed by atoms with van der Waals surface area (Å²) in [5.74, 6) is -3.39. The summed E-state index contributed by atoms with van der Waals surface area (Å²) in [5, 5.41) is 18.5. The minimum absolute atomic E-state index is 0.0780. The minimum Gasteiger partial charge on any atom is -0.458 e. The number of halogens is 1. The van der Waals surface area contributed by atoms with Crippen molar-refractivity contribution in [2.75, 3.05) is 26.7 Å². The number of ether oxygens (including phenoxy) is 5. The minimum atomic E-state index is -1.32. The molecule has 3 unspecified atom stereocenters. The largest absolute Gasteiger partial charge is 0.458 e. The smallest absolute Gasteiger partial charge is 0.410 e. The van der Waals surface area contributed by atoms with Crippen molar-refractivity contribution in [3.8, 4) is 0 Å². The zero-order chi connectivity index (χ0) is 40.7. The number of carbonyl (C=O) groups excluding carboxylic acids is 3. The number of cyclic esters (lactones) is 1. The first kappa shape index (κ1) is 44.9. The van der Waals surface area contributed by atoms with Crippen LogP contribution in [0.25, 0.3) is 10.4 Å². The van der Waals surface area contributed by atoms with Gasteiger partial charge in [-0.05, 0) is 102 Å². The van der Waals surface area contributed by atoms with Gasteiger partial charge >= 0.3 is 12.1 Å². The van der Waals surface area contributed by atoms with E-state index in [1.54, 1.807) is 25.9 Å². The molecule has 3 aliphatic heterocycles. The van der Waals surface area contributed by atoms with E-state index in [9.17, 15) is 19.5 Å². The van der Waals surface area contributed by atoms with E-state index >= 15 is 0 Å². The second-order valence-electron chi connectivity index (χ2n) is 16.0. The van der Waals surface area contributed by atoms with Gasteiger partial charge < -0.3 is 39.8 Å². The van der Waals surface area contributed by atoms with E-state index in [1.165, 1.54) is 6.92 Å². The van der Waals surface area contributed by atoms with Crippen molar-refractivity contribution in [2.24, 2.45) is 28.6 Å². The number of ketones is 1. The highest BCUT2D eigenvalue weighted by atomic mass is 79.9. The molecule has 3 saturated heterocycles. The summed E-state index contributed by atoms with van der Waals surface area (Å²) in [6.07, 6.45) is -2.21. The molecule has 13 atom stereocenters. The van der Waals surface area contributed by atoms with Crippen LogP contribution in [-0.2, 0) is 39.7 Å². The maximum atomic E-state index is 14.3. The van der Waals surface area contributed by atoms with Gasteiger partial charge in [0, 0.05) is 47.6 Å². The molecular weight excluding hydrogens is 776 g/mol. The highest BCUT2D eigenvalue weighted by Gasteiger charge is 2.59. The van der Waals surface area contributed by atoms with Gasteiger partial charge in [-0.15, -0.1) is 0 Å². The number of amides is 1. The first-order valence-corrected chi connectivity index (χ1v) is 20.3. The molecule has 3 heterocycles. The van der Waals surface area contributed by atoms with Crippen LogP contribution >= 0.6 is 15.9 Å². The third-order valence-corrected chi connectivity index (χ3v) is 12.1. The number of nitrogens with two attached hydrogens (primary N) is 1. The fourth-order valence-electron chi connectivity index (χ4n) is 8.63. The van der Waals surface area contributed by atoms with Crippen LogP contribution in [0.2, 0.25) is 0 Å². The van der Waals surface area contributed by atoms with Gasteiger partial charge in [-0.3, -0.25) is 14.5 Å². The number of methoxy groups -OCH3 is 1. The lowest BCUT2D eigenvalue weighted by Gasteiger charge is -2.45. The van der Waals surface area contributed by atoms with E-state index < -0.39 is 83.6 Å². The Balaban J connectivity index is 1.81. The van der Waals surface area contributed by atoms with Gasteiger partial charge in [0.15, 0.2) is 17.7 Å². The molecule has 1 amide bonds. The van der Waals surface area contributed by atoms with Crippen LogP contribution in [0, 0.1) is 17.8 Å². The Morgan fingerprint density at radius 2 is 1.91 bits per heavy atom. The number of fused-ring (bicyclic) bond motifs is 1. The first-order valence-electron chi connectivity index (χ1n) is 19.5. The molecule has 16 heteroatoms. The van der Waals surface area contributed by atoms with Crippen molar-refractivity contribution >= 4 is 33.8 Å². The molecular formula is C39H61BrN6O9. The molecule has 0 aromatic heterocycles. The standard InChI is InChI=1S/C39H61BrN6O9/c1-9-30-39(7)33(46(37(50)55-39)16-11-10-15-44-45-42)29(19-26-13-12-14-27(40)18-26)43-21-22(2)20-38(6,51-8)34(24(4)31(47)25(5)35(49)53-30)54-36-32(48)28(41)17-23(3)52-36/h12-14,18,22-25,28-30,32-34,36,43,48H,9-11,15-17,19-21,41H2,1-8H3/t22-,23?,24+,25-,28?,29-,30-,32?,33-,34-,36+,38-,39-/m1/s1.